The van der Waals surface area contributed by atoms with Gasteiger partial charge in [0.2, 0.25) is 0 Å². The second-order valence-electron chi connectivity index (χ2n) is 3.99. The zero-order chi connectivity index (χ0) is 15.4. The van der Waals surface area contributed by atoms with Gasteiger partial charge in [-0.3, -0.25) is 14.9 Å². The van der Waals surface area contributed by atoms with Crippen molar-refractivity contribution in [1.82, 2.24) is 9.97 Å². The number of hydrogen-bond acceptors (Lipinski definition) is 6. The molecule has 1 aromatic carbocycles. The Morgan fingerprint density at radius 2 is 2.19 bits per heavy atom. The van der Waals surface area contributed by atoms with Crippen molar-refractivity contribution in [3.8, 4) is 11.6 Å². The average Bonchev–Trinajstić information content (AvgIpc) is 2.44. The molecule has 2 N–H and O–H groups in total. The zero-order valence-electron chi connectivity index (χ0n) is 10.9. The molecular formula is C13H11N3O5. The van der Waals surface area contributed by atoms with E-state index in [1.165, 1.54) is 13.2 Å². The molecule has 0 fully saturated rings. The number of benzene rings is 1. The normalized spacial score (nSPS) is 10.7. The maximum Gasteiger partial charge on any atom is 0.395 e. The Hall–Kier alpha value is -3.16. The van der Waals surface area contributed by atoms with E-state index < -0.39 is 22.0 Å². The lowest BCUT2D eigenvalue weighted by atomic mass is 10.2. The standard InChI is InChI=1S/C13H11N3O5/c1-21-9-4-2-3-8(7-9)5-6-10-14-12(17)11(16(19)20)13(18)15-10/h2-7H,1H3,(H2,14,15,17,18). The largest absolute Gasteiger partial charge is 0.497 e. The van der Waals surface area contributed by atoms with Crippen LogP contribution in [0.25, 0.3) is 12.2 Å². The third kappa shape index (κ3) is 3.24. The molecule has 0 amide bonds. The molecule has 0 radical (unpaired) electrons. The van der Waals surface area contributed by atoms with Crippen molar-refractivity contribution in [1.29, 1.82) is 0 Å². The highest BCUT2D eigenvalue weighted by atomic mass is 16.6. The first-order valence-corrected chi connectivity index (χ1v) is 5.81. The number of nitrogens with zero attached hydrogens (tertiary/aromatic N) is 2. The molecule has 8 nitrogen and oxygen atoms in total. The summed E-state index contributed by atoms with van der Waals surface area (Å²) in [6.45, 7) is 0. The van der Waals surface area contributed by atoms with E-state index in [0.717, 1.165) is 5.56 Å². The van der Waals surface area contributed by atoms with Crippen LogP contribution in [0.3, 0.4) is 0 Å². The zero-order valence-corrected chi connectivity index (χ0v) is 10.9. The maximum absolute atomic E-state index is 11.5. The van der Waals surface area contributed by atoms with Crippen molar-refractivity contribution < 1.29 is 14.8 Å². The van der Waals surface area contributed by atoms with Gasteiger partial charge < -0.3 is 14.8 Å². The number of aromatic hydroxyl groups is 1. The number of aromatic amines is 1. The third-order valence-corrected chi connectivity index (χ3v) is 2.60. The average molecular weight is 289 g/mol. The monoisotopic (exact) mass is 289 g/mol. The second-order valence-corrected chi connectivity index (χ2v) is 3.99. The molecule has 0 aliphatic heterocycles. The van der Waals surface area contributed by atoms with Crippen LogP contribution in [0.2, 0.25) is 0 Å². The Kier molecular flexibility index (Phi) is 3.98. The topological polar surface area (TPSA) is 118 Å². The fraction of sp³-hybridized carbons (Fsp3) is 0.0769. The van der Waals surface area contributed by atoms with Gasteiger partial charge in [0.1, 0.15) is 11.6 Å². The van der Waals surface area contributed by atoms with Crippen molar-refractivity contribution in [2.75, 3.05) is 7.11 Å². The van der Waals surface area contributed by atoms with Crippen LogP contribution in [-0.4, -0.2) is 27.1 Å². The van der Waals surface area contributed by atoms with Gasteiger partial charge in [-0.15, -0.1) is 0 Å². The van der Waals surface area contributed by atoms with Crippen LogP contribution in [0.1, 0.15) is 11.4 Å². The van der Waals surface area contributed by atoms with Crippen molar-refractivity contribution in [2.24, 2.45) is 0 Å². The molecule has 21 heavy (non-hydrogen) atoms. The minimum Gasteiger partial charge on any atom is -0.497 e. The molecular weight excluding hydrogens is 278 g/mol. The smallest absolute Gasteiger partial charge is 0.395 e. The maximum atomic E-state index is 11.5. The van der Waals surface area contributed by atoms with Crippen LogP contribution in [0, 0.1) is 10.1 Å². The Bertz CT molecular complexity index is 767. The number of nitrogens with one attached hydrogen (secondary N) is 1. The van der Waals surface area contributed by atoms with E-state index in [1.54, 1.807) is 30.3 Å². The van der Waals surface area contributed by atoms with Gasteiger partial charge in [-0.1, -0.05) is 18.2 Å². The molecule has 8 heteroatoms. The summed E-state index contributed by atoms with van der Waals surface area (Å²) in [5.74, 6) is -0.259. The van der Waals surface area contributed by atoms with E-state index >= 15 is 0 Å². The first-order chi connectivity index (χ1) is 10.0. The van der Waals surface area contributed by atoms with Gasteiger partial charge in [-0.2, -0.15) is 4.98 Å². The van der Waals surface area contributed by atoms with Crippen molar-refractivity contribution in [3.05, 3.63) is 56.1 Å². The predicted octanol–water partition coefficient (Wildman–Crippen LogP) is 1.56. The molecule has 108 valence electrons. The molecule has 0 aliphatic rings. The number of rotatable bonds is 4. The highest BCUT2D eigenvalue weighted by molar-refractivity contribution is 5.67. The van der Waals surface area contributed by atoms with Crippen molar-refractivity contribution in [3.63, 3.8) is 0 Å². The summed E-state index contributed by atoms with van der Waals surface area (Å²) in [7, 11) is 1.54. The van der Waals surface area contributed by atoms with Crippen LogP contribution in [0.5, 0.6) is 11.6 Å². The lowest BCUT2D eigenvalue weighted by Gasteiger charge is -2.00. The molecule has 0 saturated heterocycles. The fourth-order valence-electron chi connectivity index (χ4n) is 1.64. The highest BCUT2D eigenvalue weighted by Crippen LogP contribution is 2.18. The molecule has 0 aliphatic carbocycles. The summed E-state index contributed by atoms with van der Waals surface area (Å²) < 4.78 is 5.06. The van der Waals surface area contributed by atoms with E-state index in [1.807, 2.05) is 0 Å². The van der Waals surface area contributed by atoms with Crippen molar-refractivity contribution in [2.45, 2.75) is 0 Å². The van der Waals surface area contributed by atoms with Gasteiger partial charge in [0.25, 0.3) is 5.88 Å². The van der Waals surface area contributed by atoms with E-state index in [0.29, 0.717) is 5.75 Å². The highest BCUT2D eigenvalue weighted by Gasteiger charge is 2.21. The predicted molar refractivity (Wildman–Crippen MR) is 75.1 cm³/mol. The molecule has 0 atom stereocenters. The first kappa shape index (κ1) is 14.3. The number of methoxy groups -OCH3 is 1. The third-order valence-electron chi connectivity index (χ3n) is 2.60. The Morgan fingerprint density at radius 3 is 2.81 bits per heavy atom. The van der Waals surface area contributed by atoms with Crippen molar-refractivity contribution >= 4 is 17.8 Å². The number of aromatic nitrogens is 2. The van der Waals surface area contributed by atoms with Crippen LogP contribution >= 0.6 is 0 Å². The summed E-state index contributed by atoms with van der Waals surface area (Å²) in [4.78, 5) is 26.8. The Balaban J connectivity index is 2.33. The number of H-pyrrole nitrogens is 1. The summed E-state index contributed by atoms with van der Waals surface area (Å²) in [5.41, 5.74) is -1.22. The quantitative estimate of drug-likeness (QED) is 0.651. The van der Waals surface area contributed by atoms with Crippen LogP contribution in [-0.2, 0) is 0 Å². The molecule has 0 spiro atoms. The van der Waals surface area contributed by atoms with E-state index in [9.17, 15) is 20.0 Å². The van der Waals surface area contributed by atoms with E-state index in [2.05, 4.69) is 9.97 Å². The second kappa shape index (κ2) is 5.87. The molecule has 0 saturated carbocycles. The van der Waals surface area contributed by atoms with E-state index in [4.69, 9.17) is 4.74 Å². The summed E-state index contributed by atoms with van der Waals surface area (Å²) in [6, 6.07) is 7.10. The summed E-state index contributed by atoms with van der Waals surface area (Å²) in [5, 5.41) is 20.0. The minimum absolute atomic E-state index is 0.00548. The molecule has 2 aromatic rings. The Labute approximate surface area is 118 Å². The van der Waals surface area contributed by atoms with Gasteiger partial charge in [-0.05, 0) is 23.8 Å². The SMILES string of the molecule is COc1cccc(C=Cc2nc(O)c([N+](=O)[O-])c(=O)[nH]2)c1. The van der Waals surface area contributed by atoms with Gasteiger partial charge in [-0.25, -0.2) is 0 Å². The molecule has 0 unspecified atom stereocenters. The molecule has 1 aromatic heterocycles. The van der Waals surface area contributed by atoms with Crippen LogP contribution in [0.15, 0.2) is 29.1 Å². The summed E-state index contributed by atoms with van der Waals surface area (Å²) >= 11 is 0. The summed E-state index contributed by atoms with van der Waals surface area (Å²) in [6.07, 6.45) is 3.03. The minimum atomic E-state index is -1.02. The number of hydrogen-bond donors (Lipinski definition) is 2. The molecule has 0 bridgehead atoms. The molecule has 1 heterocycles. The fourth-order valence-corrected chi connectivity index (χ4v) is 1.64. The van der Waals surface area contributed by atoms with Crippen LogP contribution < -0.4 is 10.3 Å². The van der Waals surface area contributed by atoms with Crippen LogP contribution in [0.4, 0.5) is 5.69 Å². The lowest BCUT2D eigenvalue weighted by Crippen LogP contribution is -2.14. The van der Waals surface area contributed by atoms with Gasteiger partial charge in [0, 0.05) is 0 Å². The van der Waals surface area contributed by atoms with Gasteiger partial charge in [0.05, 0.1) is 12.0 Å². The number of nitro groups is 1. The number of ether oxygens (including phenoxy) is 1. The lowest BCUT2D eigenvalue weighted by molar-refractivity contribution is -0.387. The molecule has 2 rings (SSSR count). The Morgan fingerprint density at radius 1 is 1.43 bits per heavy atom. The van der Waals surface area contributed by atoms with Gasteiger partial charge >= 0.3 is 11.2 Å². The van der Waals surface area contributed by atoms with Gasteiger partial charge in [0.15, 0.2) is 0 Å². The van der Waals surface area contributed by atoms with E-state index in [-0.39, 0.29) is 5.82 Å². The first-order valence-electron chi connectivity index (χ1n) is 5.81.